The van der Waals surface area contributed by atoms with Crippen LogP contribution >= 0.6 is 0 Å². The number of aromatic nitrogens is 1. The molecule has 2 heterocycles. The summed E-state index contributed by atoms with van der Waals surface area (Å²) < 4.78 is 25.5. The van der Waals surface area contributed by atoms with Crippen LogP contribution < -0.4 is 4.74 Å². The molecular weight excluding hydrogens is 323 g/mol. The Hall–Kier alpha value is -1.95. The predicted octanol–water partition coefficient (Wildman–Crippen LogP) is 2.86. The second-order valence-corrected chi connectivity index (χ2v) is 6.90. The smallest absolute Gasteiger partial charge is 0.250 e. The molecule has 1 aromatic heterocycles. The van der Waals surface area contributed by atoms with E-state index in [1.165, 1.54) is 18.3 Å². The summed E-state index contributed by atoms with van der Waals surface area (Å²) in [5.41, 5.74) is 0.937. The summed E-state index contributed by atoms with van der Waals surface area (Å²) in [6.07, 6.45) is 8.75. The number of rotatable bonds is 3. The van der Waals surface area contributed by atoms with E-state index in [0.29, 0.717) is 13.2 Å². The van der Waals surface area contributed by atoms with Gasteiger partial charge in [0, 0.05) is 18.3 Å². The van der Waals surface area contributed by atoms with Gasteiger partial charge in [-0.15, -0.1) is 0 Å². The Morgan fingerprint density at radius 3 is 3.08 bits per heavy atom. The molecule has 4 rings (SSSR count). The molecule has 1 amide bonds. The number of pyridine rings is 1. The standard InChI is InChI=1S/C19H23FN2O3/c20-14-7-4-10-21-18(14)25-16-9-8-15-17(16)24-12-11-22(15)19(23)13-5-2-1-3-6-13/h4-5,7,10,15-17H,1-3,6,8-9,11-12H2/t15-,16-,17+/m1/s1. The second-order valence-electron chi connectivity index (χ2n) is 6.90. The van der Waals surface area contributed by atoms with Gasteiger partial charge in [0.1, 0.15) is 12.2 Å². The lowest BCUT2D eigenvalue weighted by molar-refractivity contribution is -0.144. The summed E-state index contributed by atoms with van der Waals surface area (Å²) >= 11 is 0. The summed E-state index contributed by atoms with van der Waals surface area (Å²) in [5.74, 6) is -0.320. The third-order valence-corrected chi connectivity index (χ3v) is 5.35. The fraction of sp³-hybridized carbons (Fsp3) is 0.579. The van der Waals surface area contributed by atoms with Gasteiger partial charge in [0.15, 0.2) is 5.82 Å². The van der Waals surface area contributed by atoms with Crippen molar-refractivity contribution in [1.82, 2.24) is 9.88 Å². The average Bonchev–Trinajstić information content (AvgIpc) is 3.07. The fourth-order valence-corrected chi connectivity index (χ4v) is 4.11. The van der Waals surface area contributed by atoms with Crippen molar-refractivity contribution in [3.8, 4) is 5.88 Å². The zero-order valence-electron chi connectivity index (χ0n) is 14.2. The molecule has 3 aliphatic rings. The minimum atomic E-state index is -0.470. The molecule has 0 bridgehead atoms. The first kappa shape index (κ1) is 16.5. The number of halogens is 1. The van der Waals surface area contributed by atoms with Crippen LogP contribution in [-0.4, -0.2) is 47.2 Å². The number of nitrogens with zero attached hydrogens (tertiary/aromatic N) is 2. The Kier molecular flexibility index (Phi) is 4.70. The van der Waals surface area contributed by atoms with Crippen molar-refractivity contribution in [3.05, 3.63) is 35.8 Å². The van der Waals surface area contributed by atoms with E-state index in [1.807, 2.05) is 4.90 Å². The van der Waals surface area contributed by atoms with Crippen LogP contribution in [0.5, 0.6) is 5.88 Å². The van der Waals surface area contributed by atoms with E-state index in [9.17, 15) is 9.18 Å². The molecule has 0 N–H and O–H groups in total. The number of ether oxygens (including phenoxy) is 2. The predicted molar refractivity (Wildman–Crippen MR) is 89.6 cm³/mol. The third kappa shape index (κ3) is 3.27. The number of hydrogen-bond acceptors (Lipinski definition) is 4. The topological polar surface area (TPSA) is 51.7 Å². The molecule has 1 saturated heterocycles. The Labute approximate surface area is 146 Å². The molecule has 1 aliphatic heterocycles. The Morgan fingerprint density at radius 2 is 2.28 bits per heavy atom. The van der Waals surface area contributed by atoms with Gasteiger partial charge < -0.3 is 14.4 Å². The first-order chi connectivity index (χ1) is 12.2. The summed E-state index contributed by atoms with van der Waals surface area (Å²) in [6.45, 7) is 1.10. The molecule has 0 unspecified atom stereocenters. The third-order valence-electron chi connectivity index (χ3n) is 5.35. The van der Waals surface area contributed by atoms with Gasteiger partial charge in [-0.3, -0.25) is 4.79 Å². The Bertz CT molecular complexity index is 678. The van der Waals surface area contributed by atoms with Gasteiger partial charge in [0.2, 0.25) is 5.91 Å². The molecule has 5 nitrogen and oxygen atoms in total. The molecule has 25 heavy (non-hydrogen) atoms. The van der Waals surface area contributed by atoms with Gasteiger partial charge in [-0.2, -0.15) is 0 Å². The van der Waals surface area contributed by atoms with Gasteiger partial charge in [-0.1, -0.05) is 6.08 Å². The Balaban J connectivity index is 1.47. The van der Waals surface area contributed by atoms with Gasteiger partial charge in [-0.05, 0) is 50.7 Å². The van der Waals surface area contributed by atoms with Crippen LogP contribution in [0.15, 0.2) is 30.0 Å². The normalized spacial score (nSPS) is 29.1. The molecule has 134 valence electrons. The van der Waals surface area contributed by atoms with E-state index < -0.39 is 5.82 Å². The van der Waals surface area contributed by atoms with Crippen molar-refractivity contribution in [2.75, 3.05) is 13.2 Å². The molecule has 6 heteroatoms. The maximum atomic E-state index is 13.8. The van der Waals surface area contributed by atoms with Crippen LogP contribution in [0.3, 0.4) is 0 Å². The molecule has 0 aromatic carbocycles. The lowest BCUT2D eigenvalue weighted by atomic mass is 9.97. The molecule has 1 aromatic rings. The van der Waals surface area contributed by atoms with Gasteiger partial charge in [0.05, 0.1) is 12.6 Å². The van der Waals surface area contributed by atoms with Crippen molar-refractivity contribution in [2.45, 2.75) is 56.8 Å². The van der Waals surface area contributed by atoms with E-state index in [1.54, 1.807) is 0 Å². The van der Waals surface area contributed by atoms with Gasteiger partial charge in [0.25, 0.3) is 5.88 Å². The highest BCUT2D eigenvalue weighted by Crippen LogP contribution is 2.34. The molecule has 2 fully saturated rings. The molecule has 0 spiro atoms. The zero-order chi connectivity index (χ0) is 17.2. The van der Waals surface area contributed by atoms with Crippen molar-refractivity contribution in [3.63, 3.8) is 0 Å². The Morgan fingerprint density at radius 1 is 1.36 bits per heavy atom. The van der Waals surface area contributed by atoms with Crippen molar-refractivity contribution < 1.29 is 18.7 Å². The number of hydrogen-bond donors (Lipinski definition) is 0. The lowest BCUT2D eigenvalue weighted by Crippen LogP contribution is -2.54. The number of carbonyl (C=O) groups is 1. The maximum absolute atomic E-state index is 13.8. The van der Waals surface area contributed by atoms with Crippen molar-refractivity contribution in [1.29, 1.82) is 0 Å². The van der Waals surface area contributed by atoms with E-state index in [4.69, 9.17) is 9.47 Å². The maximum Gasteiger partial charge on any atom is 0.250 e. The van der Waals surface area contributed by atoms with Crippen LogP contribution in [0.1, 0.15) is 38.5 Å². The molecule has 2 aliphatic carbocycles. The van der Waals surface area contributed by atoms with E-state index in [-0.39, 0.29) is 30.0 Å². The molecule has 0 radical (unpaired) electrons. The summed E-state index contributed by atoms with van der Waals surface area (Å²) in [7, 11) is 0. The largest absolute Gasteiger partial charge is 0.469 e. The lowest BCUT2D eigenvalue weighted by Gasteiger charge is -2.39. The average molecular weight is 346 g/mol. The molecule has 3 atom stereocenters. The van der Waals surface area contributed by atoms with Crippen molar-refractivity contribution >= 4 is 5.91 Å². The highest BCUT2D eigenvalue weighted by atomic mass is 19.1. The number of amides is 1. The van der Waals surface area contributed by atoms with E-state index in [2.05, 4.69) is 11.1 Å². The molecular formula is C19H23FN2O3. The molecule has 1 saturated carbocycles. The fourth-order valence-electron chi connectivity index (χ4n) is 4.11. The van der Waals surface area contributed by atoms with Crippen LogP contribution in [0.4, 0.5) is 4.39 Å². The van der Waals surface area contributed by atoms with Crippen LogP contribution in [0.2, 0.25) is 0 Å². The monoisotopic (exact) mass is 346 g/mol. The minimum Gasteiger partial charge on any atom is -0.469 e. The first-order valence-electron chi connectivity index (χ1n) is 9.13. The first-order valence-corrected chi connectivity index (χ1v) is 9.13. The number of allylic oxidation sites excluding steroid dienone is 1. The van der Waals surface area contributed by atoms with Gasteiger partial charge >= 0.3 is 0 Å². The summed E-state index contributed by atoms with van der Waals surface area (Å²) in [4.78, 5) is 18.8. The highest BCUT2D eigenvalue weighted by Gasteiger charge is 2.46. The van der Waals surface area contributed by atoms with E-state index in [0.717, 1.165) is 44.1 Å². The summed E-state index contributed by atoms with van der Waals surface area (Å²) in [5, 5.41) is 0. The van der Waals surface area contributed by atoms with Gasteiger partial charge in [-0.25, -0.2) is 9.37 Å². The number of carbonyl (C=O) groups excluding carboxylic acids is 1. The van der Waals surface area contributed by atoms with E-state index >= 15 is 0 Å². The number of fused-ring (bicyclic) bond motifs is 1. The second kappa shape index (κ2) is 7.12. The summed E-state index contributed by atoms with van der Waals surface area (Å²) in [6, 6.07) is 2.87. The minimum absolute atomic E-state index is 0.000787. The van der Waals surface area contributed by atoms with Crippen molar-refractivity contribution in [2.24, 2.45) is 0 Å². The SMILES string of the molecule is O=C(C1=CCCCC1)N1CCO[C@H]2[C@H]1CC[C@H]2Oc1ncccc1F. The number of morpholine rings is 1. The quantitative estimate of drug-likeness (QED) is 0.844. The van der Waals surface area contributed by atoms with Crippen LogP contribution in [0.25, 0.3) is 0 Å². The highest BCUT2D eigenvalue weighted by molar-refractivity contribution is 5.93. The van der Waals surface area contributed by atoms with Crippen LogP contribution in [0, 0.1) is 5.82 Å². The van der Waals surface area contributed by atoms with Crippen LogP contribution in [-0.2, 0) is 9.53 Å². The zero-order valence-corrected chi connectivity index (χ0v) is 14.2.